The topological polar surface area (TPSA) is 139 Å². The number of carboxylic acid groups (broad SMARTS) is 1. The number of rotatable bonds is 3. The third-order valence-corrected chi connectivity index (χ3v) is 3.15. The second-order valence-electron chi connectivity index (χ2n) is 4.76. The van der Waals surface area contributed by atoms with Crippen LogP contribution in [0, 0.1) is 5.92 Å². The minimum Gasteiger partial charge on any atom is -0.480 e. The third-order valence-electron chi connectivity index (χ3n) is 2.57. The Balaban J connectivity index is 0.000000472. The van der Waals surface area contributed by atoms with Crippen molar-refractivity contribution in [1.29, 1.82) is 0 Å². The first-order chi connectivity index (χ1) is 9.68. The lowest BCUT2D eigenvalue weighted by Crippen LogP contribution is -2.36. The van der Waals surface area contributed by atoms with Gasteiger partial charge in [0.2, 0.25) is 5.90 Å². The average molecular weight is 350 g/mol. The van der Waals surface area contributed by atoms with Crippen molar-refractivity contribution < 1.29 is 40.8 Å². The van der Waals surface area contributed by atoms with Crippen molar-refractivity contribution in [3.8, 4) is 0 Å². The molecule has 0 spiro atoms. The van der Waals surface area contributed by atoms with Gasteiger partial charge in [0.15, 0.2) is 6.04 Å². The molecule has 0 aromatic rings. The van der Waals surface area contributed by atoms with Gasteiger partial charge in [-0.3, -0.25) is 4.55 Å². The second kappa shape index (κ2) is 7.24. The van der Waals surface area contributed by atoms with Gasteiger partial charge in [0, 0.05) is 0 Å². The standard InChI is InChI=1S/C9H16N2O3.CHF3O3S/c1-4(2)6(10)8-11-7(9(12)13)5(3)14-8;2-1(3,4)8(5,6)7/h4-7H,10H2,1-3H3,(H,12,13);(H,5,6,7)/t5-,6-,7-;/m0./s1. The van der Waals surface area contributed by atoms with Crippen molar-refractivity contribution in [3.63, 3.8) is 0 Å². The van der Waals surface area contributed by atoms with Crippen LogP contribution in [0.15, 0.2) is 4.99 Å². The van der Waals surface area contributed by atoms with E-state index in [-0.39, 0.29) is 12.0 Å². The number of carboxylic acids is 1. The van der Waals surface area contributed by atoms with Crippen LogP contribution in [0.1, 0.15) is 20.8 Å². The van der Waals surface area contributed by atoms with Gasteiger partial charge in [-0.15, -0.1) is 0 Å². The van der Waals surface area contributed by atoms with E-state index in [1.807, 2.05) is 13.8 Å². The maximum atomic E-state index is 10.7. The summed E-state index contributed by atoms with van der Waals surface area (Å²) in [5.41, 5.74) is 0.263. The van der Waals surface area contributed by atoms with Crippen molar-refractivity contribution in [1.82, 2.24) is 0 Å². The summed E-state index contributed by atoms with van der Waals surface area (Å²) in [5, 5.41) is 8.79. The summed E-state index contributed by atoms with van der Waals surface area (Å²) >= 11 is 0. The lowest BCUT2D eigenvalue weighted by molar-refractivity contribution is -0.139. The fraction of sp³-hybridized carbons (Fsp3) is 0.800. The summed E-state index contributed by atoms with van der Waals surface area (Å²) in [5.74, 6) is -0.420. The number of nitrogens with two attached hydrogens (primary N) is 1. The first-order valence-corrected chi connectivity index (χ1v) is 7.39. The summed E-state index contributed by atoms with van der Waals surface area (Å²) in [4.78, 5) is 14.7. The number of ether oxygens (including phenoxy) is 1. The predicted molar refractivity (Wildman–Crippen MR) is 69.8 cm³/mol. The van der Waals surface area contributed by atoms with Gasteiger partial charge in [0.25, 0.3) is 0 Å². The number of carbonyl (C=O) groups is 1. The van der Waals surface area contributed by atoms with Crippen LogP contribution in [0.3, 0.4) is 0 Å². The zero-order valence-electron chi connectivity index (χ0n) is 11.9. The SMILES string of the molecule is CC(C)[C@H](N)C1=N[C@H](C(=O)O)[C@H](C)O1.O=S(=O)(O)C(F)(F)F. The molecular weight excluding hydrogens is 333 g/mol. The largest absolute Gasteiger partial charge is 0.522 e. The van der Waals surface area contributed by atoms with E-state index in [0.29, 0.717) is 5.90 Å². The minimum absolute atomic E-state index is 0.188. The summed E-state index contributed by atoms with van der Waals surface area (Å²) in [7, 11) is -5.84. The summed E-state index contributed by atoms with van der Waals surface area (Å²) < 4.78 is 62.8. The molecule has 12 heteroatoms. The molecule has 0 fully saturated rings. The Morgan fingerprint density at radius 3 is 2.05 bits per heavy atom. The molecule has 0 saturated heterocycles. The third kappa shape index (κ3) is 5.77. The van der Waals surface area contributed by atoms with E-state index >= 15 is 0 Å². The van der Waals surface area contributed by atoms with Gasteiger partial charge in [-0.1, -0.05) is 13.8 Å². The Kier molecular flexibility index (Phi) is 6.78. The van der Waals surface area contributed by atoms with Crippen molar-refractivity contribution in [2.75, 3.05) is 0 Å². The van der Waals surface area contributed by atoms with Crippen molar-refractivity contribution in [2.45, 2.75) is 44.5 Å². The smallest absolute Gasteiger partial charge is 0.480 e. The molecule has 0 saturated carbocycles. The van der Waals surface area contributed by atoms with E-state index in [1.54, 1.807) is 6.92 Å². The van der Waals surface area contributed by atoms with Gasteiger partial charge in [-0.25, -0.2) is 9.79 Å². The van der Waals surface area contributed by atoms with Crippen molar-refractivity contribution >= 4 is 22.0 Å². The quantitative estimate of drug-likeness (QED) is 0.501. The average Bonchev–Trinajstić information content (AvgIpc) is 2.68. The highest BCUT2D eigenvalue weighted by atomic mass is 32.2. The summed E-state index contributed by atoms with van der Waals surface area (Å²) in [6.07, 6.45) is -0.424. The minimum atomic E-state index is -5.84. The van der Waals surface area contributed by atoms with Crippen molar-refractivity contribution in [2.24, 2.45) is 16.6 Å². The monoisotopic (exact) mass is 350 g/mol. The van der Waals surface area contributed by atoms with Gasteiger partial charge in [-0.05, 0) is 12.8 Å². The molecule has 1 aliphatic rings. The lowest BCUT2D eigenvalue weighted by Gasteiger charge is -2.16. The van der Waals surface area contributed by atoms with Gasteiger partial charge < -0.3 is 15.6 Å². The number of halogens is 3. The van der Waals surface area contributed by atoms with Gasteiger partial charge in [0.05, 0.1) is 6.04 Å². The highest BCUT2D eigenvalue weighted by Crippen LogP contribution is 2.20. The number of hydrogen-bond acceptors (Lipinski definition) is 6. The maximum Gasteiger partial charge on any atom is 0.522 e. The van der Waals surface area contributed by atoms with Crippen LogP contribution in [-0.4, -0.2) is 53.6 Å². The highest BCUT2D eigenvalue weighted by Gasteiger charge is 2.44. The van der Waals surface area contributed by atoms with Crippen LogP contribution in [0.2, 0.25) is 0 Å². The summed E-state index contributed by atoms with van der Waals surface area (Å²) in [6, 6.07) is -1.13. The lowest BCUT2D eigenvalue weighted by atomic mass is 10.1. The molecule has 1 rings (SSSR count). The number of alkyl halides is 3. The molecule has 130 valence electrons. The zero-order chi connectivity index (χ0) is 17.9. The van der Waals surface area contributed by atoms with E-state index in [9.17, 15) is 18.0 Å². The number of aliphatic imine (C=N–C) groups is 1. The fourth-order valence-electron chi connectivity index (χ4n) is 1.23. The molecule has 1 aliphatic heterocycles. The number of nitrogens with zero attached hydrogens (tertiary/aromatic N) is 1. The molecule has 8 nitrogen and oxygen atoms in total. The molecule has 3 atom stereocenters. The van der Waals surface area contributed by atoms with Gasteiger partial charge >= 0.3 is 21.6 Å². The number of hydrogen-bond donors (Lipinski definition) is 3. The Morgan fingerprint density at radius 1 is 1.41 bits per heavy atom. The van der Waals surface area contributed by atoms with E-state index in [1.165, 1.54) is 0 Å². The van der Waals surface area contributed by atoms with Crippen molar-refractivity contribution in [3.05, 3.63) is 0 Å². The van der Waals surface area contributed by atoms with Crippen LogP contribution in [0.25, 0.3) is 0 Å². The Labute approximate surface area is 124 Å². The summed E-state index contributed by atoms with van der Waals surface area (Å²) in [6.45, 7) is 5.56. The Hall–Kier alpha value is -1.40. The molecule has 4 N–H and O–H groups in total. The molecular formula is C10H17F3N2O6S. The molecule has 0 amide bonds. The second-order valence-corrected chi connectivity index (χ2v) is 6.18. The van der Waals surface area contributed by atoms with E-state index < -0.39 is 33.7 Å². The Morgan fingerprint density at radius 2 is 1.82 bits per heavy atom. The van der Waals surface area contributed by atoms with E-state index in [4.69, 9.17) is 28.5 Å². The first kappa shape index (κ1) is 20.6. The molecule has 0 radical (unpaired) electrons. The van der Waals surface area contributed by atoms with Gasteiger partial charge in [0.1, 0.15) is 6.10 Å². The van der Waals surface area contributed by atoms with Crippen LogP contribution < -0.4 is 5.73 Å². The molecule has 0 aromatic heterocycles. The van der Waals surface area contributed by atoms with E-state index in [0.717, 1.165) is 0 Å². The maximum absolute atomic E-state index is 10.7. The molecule has 0 bridgehead atoms. The highest BCUT2D eigenvalue weighted by molar-refractivity contribution is 7.86. The molecule has 0 unspecified atom stereocenters. The Bertz CT molecular complexity index is 531. The predicted octanol–water partition coefficient (Wildman–Crippen LogP) is 0.634. The number of aliphatic carboxylic acids is 1. The van der Waals surface area contributed by atoms with Crippen LogP contribution in [-0.2, 0) is 19.6 Å². The van der Waals surface area contributed by atoms with Crippen LogP contribution in [0.4, 0.5) is 13.2 Å². The van der Waals surface area contributed by atoms with Crippen LogP contribution in [0.5, 0.6) is 0 Å². The molecule has 22 heavy (non-hydrogen) atoms. The molecule has 0 aliphatic carbocycles. The fourth-order valence-corrected chi connectivity index (χ4v) is 1.23. The van der Waals surface area contributed by atoms with E-state index in [2.05, 4.69) is 4.99 Å². The van der Waals surface area contributed by atoms with Crippen LogP contribution >= 0.6 is 0 Å². The van der Waals surface area contributed by atoms with Gasteiger partial charge in [-0.2, -0.15) is 21.6 Å². The molecule has 0 aromatic carbocycles. The zero-order valence-corrected chi connectivity index (χ0v) is 12.7. The first-order valence-electron chi connectivity index (χ1n) is 5.95. The normalized spacial score (nSPS) is 23.2. The molecule has 1 heterocycles.